The second-order valence-corrected chi connectivity index (χ2v) is 7.49. The Labute approximate surface area is 149 Å². The molecule has 3 amide bonds. The van der Waals surface area contributed by atoms with Crippen molar-refractivity contribution in [3.05, 3.63) is 59.7 Å². The summed E-state index contributed by atoms with van der Waals surface area (Å²) in [5.74, 6) is -2.03. The van der Waals surface area contributed by atoms with E-state index in [2.05, 4.69) is 5.32 Å². The molecule has 26 heavy (non-hydrogen) atoms. The maximum absolute atomic E-state index is 12.6. The highest BCUT2D eigenvalue weighted by atomic mass is 32.2. The van der Waals surface area contributed by atoms with E-state index in [-0.39, 0.29) is 16.0 Å². The molecule has 0 saturated carbocycles. The molecule has 0 saturated heterocycles. The van der Waals surface area contributed by atoms with Gasteiger partial charge in [0, 0.05) is 11.3 Å². The van der Waals surface area contributed by atoms with Gasteiger partial charge in [0.05, 0.1) is 5.56 Å². The Balaban J connectivity index is 1.83. The first-order valence-corrected chi connectivity index (χ1v) is 9.06. The molecule has 2 aromatic rings. The second kappa shape index (κ2) is 6.26. The molecule has 0 aromatic heterocycles. The summed E-state index contributed by atoms with van der Waals surface area (Å²) in [4.78, 5) is 35.8. The molecule has 3 N–H and O–H groups in total. The molecular formula is C17H15N3O5S. The van der Waals surface area contributed by atoms with E-state index in [4.69, 9.17) is 5.73 Å². The number of nitrogens with one attached hydrogen (secondary N) is 1. The van der Waals surface area contributed by atoms with Crippen molar-refractivity contribution in [2.24, 2.45) is 5.73 Å². The van der Waals surface area contributed by atoms with Gasteiger partial charge in [0.15, 0.2) is 0 Å². The number of carbonyl (C=O) groups is 3. The van der Waals surface area contributed by atoms with Crippen molar-refractivity contribution in [3.8, 4) is 0 Å². The molecule has 1 aliphatic rings. The summed E-state index contributed by atoms with van der Waals surface area (Å²) in [6.07, 6.45) is 0. The van der Waals surface area contributed by atoms with E-state index in [1.807, 2.05) is 0 Å². The Bertz CT molecular complexity index is 1010. The predicted octanol–water partition coefficient (Wildman–Crippen LogP) is 0.957. The number of carbonyl (C=O) groups excluding carboxylic acids is 3. The zero-order valence-electron chi connectivity index (χ0n) is 13.7. The lowest BCUT2D eigenvalue weighted by Gasteiger charge is -2.22. The van der Waals surface area contributed by atoms with E-state index < -0.39 is 33.8 Å². The van der Waals surface area contributed by atoms with E-state index in [1.165, 1.54) is 49.4 Å². The molecule has 134 valence electrons. The first-order valence-electron chi connectivity index (χ1n) is 7.62. The number of hydrogen-bond acceptors (Lipinski definition) is 5. The fourth-order valence-electron chi connectivity index (χ4n) is 2.66. The summed E-state index contributed by atoms with van der Waals surface area (Å²) in [5, 5.41) is 2.52. The lowest BCUT2D eigenvalue weighted by Crippen LogP contribution is -2.45. The predicted molar refractivity (Wildman–Crippen MR) is 92.8 cm³/mol. The molecule has 0 fully saturated rings. The van der Waals surface area contributed by atoms with Crippen molar-refractivity contribution in [1.29, 1.82) is 0 Å². The first kappa shape index (κ1) is 17.6. The molecule has 1 atom stereocenters. The average molecular weight is 373 g/mol. The highest BCUT2D eigenvalue weighted by Crippen LogP contribution is 2.31. The van der Waals surface area contributed by atoms with Crippen molar-refractivity contribution in [2.75, 3.05) is 5.32 Å². The van der Waals surface area contributed by atoms with Crippen LogP contribution in [0.25, 0.3) is 0 Å². The van der Waals surface area contributed by atoms with Crippen LogP contribution in [-0.4, -0.2) is 36.5 Å². The molecule has 1 heterocycles. The number of sulfonamides is 1. The van der Waals surface area contributed by atoms with E-state index in [0.717, 1.165) is 0 Å². The molecular weight excluding hydrogens is 358 g/mol. The quantitative estimate of drug-likeness (QED) is 0.825. The highest BCUT2D eigenvalue weighted by molar-refractivity contribution is 7.90. The van der Waals surface area contributed by atoms with E-state index in [1.54, 1.807) is 6.07 Å². The van der Waals surface area contributed by atoms with Gasteiger partial charge in [0.2, 0.25) is 11.8 Å². The number of fused-ring (bicyclic) bond motifs is 1. The highest BCUT2D eigenvalue weighted by Gasteiger charge is 2.45. The standard InChI is InChI=1S/C17H15N3O5S/c1-10(16(22)19-12-8-6-11(7-9-12)15(18)21)20-17(23)13-4-2-3-5-14(13)26(20,24)25/h2-10H,1H3,(H2,18,21)(H,19,22)/t10-/m1/s1. The molecule has 9 heteroatoms. The zero-order chi connectivity index (χ0) is 19.1. The van der Waals surface area contributed by atoms with Gasteiger partial charge in [-0.1, -0.05) is 12.1 Å². The van der Waals surface area contributed by atoms with Crippen molar-refractivity contribution >= 4 is 33.4 Å². The van der Waals surface area contributed by atoms with Crippen LogP contribution in [0.2, 0.25) is 0 Å². The van der Waals surface area contributed by atoms with Gasteiger partial charge in [0.25, 0.3) is 15.9 Å². The lowest BCUT2D eigenvalue weighted by molar-refractivity contribution is -0.118. The molecule has 0 radical (unpaired) electrons. The van der Waals surface area contributed by atoms with Crippen molar-refractivity contribution < 1.29 is 22.8 Å². The largest absolute Gasteiger partial charge is 0.366 e. The number of hydrogen-bond donors (Lipinski definition) is 2. The van der Waals surface area contributed by atoms with Gasteiger partial charge < -0.3 is 11.1 Å². The number of anilines is 1. The molecule has 3 rings (SSSR count). The summed E-state index contributed by atoms with van der Waals surface area (Å²) in [5.41, 5.74) is 5.79. The van der Waals surface area contributed by atoms with Crippen LogP contribution in [0.1, 0.15) is 27.6 Å². The Hall–Kier alpha value is -3.20. The normalized spacial score (nSPS) is 16.0. The molecule has 0 bridgehead atoms. The van der Waals surface area contributed by atoms with Crippen LogP contribution in [0.5, 0.6) is 0 Å². The minimum atomic E-state index is -4.09. The van der Waals surface area contributed by atoms with E-state index >= 15 is 0 Å². The smallest absolute Gasteiger partial charge is 0.269 e. The van der Waals surface area contributed by atoms with Crippen LogP contribution in [0.15, 0.2) is 53.4 Å². The summed E-state index contributed by atoms with van der Waals surface area (Å²) in [6.45, 7) is 1.33. The van der Waals surface area contributed by atoms with Gasteiger partial charge in [-0.25, -0.2) is 12.7 Å². The van der Waals surface area contributed by atoms with Crippen LogP contribution in [0.3, 0.4) is 0 Å². The molecule has 2 aromatic carbocycles. The minimum absolute atomic E-state index is 0.0398. The maximum Gasteiger partial charge on any atom is 0.269 e. The van der Waals surface area contributed by atoms with Gasteiger partial charge in [0.1, 0.15) is 10.9 Å². The Morgan fingerprint density at radius 1 is 1.08 bits per heavy atom. The third-order valence-corrected chi connectivity index (χ3v) is 5.93. The van der Waals surface area contributed by atoms with Gasteiger partial charge in [-0.2, -0.15) is 0 Å². The fraction of sp³-hybridized carbons (Fsp3) is 0.118. The Morgan fingerprint density at radius 2 is 1.69 bits per heavy atom. The third kappa shape index (κ3) is 2.82. The van der Waals surface area contributed by atoms with Gasteiger partial charge >= 0.3 is 0 Å². The monoisotopic (exact) mass is 373 g/mol. The second-order valence-electron chi connectivity index (χ2n) is 5.71. The van der Waals surface area contributed by atoms with Crippen LogP contribution in [0, 0.1) is 0 Å². The van der Waals surface area contributed by atoms with Crippen molar-refractivity contribution in [1.82, 2.24) is 4.31 Å². The third-order valence-electron chi connectivity index (χ3n) is 4.02. The number of amides is 3. The molecule has 0 unspecified atom stereocenters. The average Bonchev–Trinajstić information content (AvgIpc) is 2.81. The number of nitrogens with two attached hydrogens (primary N) is 1. The zero-order valence-corrected chi connectivity index (χ0v) is 14.5. The Kier molecular flexibility index (Phi) is 4.25. The number of primary amides is 1. The summed E-state index contributed by atoms with van der Waals surface area (Å²) in [6, 6.07) is 10.3. The van der Waals surface area contributed by atoms with E-state index in [9.17, 15) is 22.8 Å². The minimum Gasteiger partial charge on any atom is -0.366 e. The summed E-state index contributed by atoms with van der Waals surface area (Å²) >= 11 is 0. The van der Waals surface area contributed by atoms with Crippen molar-refractivity contribution in [3.63, 3.8) is 0 Å². The topological polar surface area (TPSA) is 127 Å². The van der Waals surface area contributed by atoms with Crippen LogP contribution < -0.4 is 11.1 Å². The van der Waals surface area contributed by atoms with Crippen molar-refractivity contribution in [2.45, 2.75) is 17.9 Å². The fourth-order valence-corrected chi connectivity index (χ4v) is 4.38. The first-order chi connectivity index (χ1) is 12.2. The number of rotatable bonds is 4. The summed E-state index contributed by atoms with van der Waals surface area (Å²) < 4.78 is 25.7. The summed E-state index contributed by atoms with van der Waals surface area (Å²) in [7, 11) is -4.09. The van der Waals surface area contributed by atoms with Crippen LogP contribution in [-0.2, 0) is 14.8 Å². The Morgan fingerprint density at radius 3 is 2.27 bits per heavy atom. The van der Waals surface area contributed by atoms with E-state index in [0.29, 0.717) is 9.99 Å². The number of nitrogens with zero attached hydrogens (tertiary/aromatic N) is 1. The molecule has 1 aliphatic heterocycles. The maximum atomic E-state index is 12.6. The van der Waals surface area contributed by atoms with Crippen LogP contribution in [0.4, 0.5) is 5.69 Å². The van der Waals surface area contributed by atoms with Gasteiger partial charge in [-0.05, 0) is 43.3 Å². The molecule has 0 spiro atoms. The van der Waals surface area contributed by atoms with Gasteiger partial charge in [-0.3, -0.25) is 14.4 Å². The SMILES string of the molecule is C[C@H](C(=O)Nc1ccc(C(N)=O)cc1)N1C(=O)c2ccccc2S1(=O)=O. The number of benzene rings is 2. The molecule has 0 aliphatic carbocycles. The molecule has 8 nitrogen and oxygen atoms in total. The lowest BCUT2D eigenvalue weighted by atomic mass is 10.2. The van der Waals surface area contributed by atoms with Gasteiger partial charge in [-0.15, -0.1) is 0 Å². The van der Waals surface area contributed by atoms with Crippen LogP contribution >= 0.6 is 0 Å².